The number of halogens is 3. The molecule has 0 aliphatic heterocycles. The van der Waals surface area contributed by atoms with Gasteiger partial charge in [0.2, 0.25) is 0 Å². The van der Waals surface area contributed by atoms with Gasteiger partial charge in [-0.2, -0.15) is 13.2 Å². The summed E-state index contributed by atoms with van der Waals surface area (Å²) in [5, 5.41) is -1.69. The van der Waals surface area contributed by atoms with Crippen molar-refractivity contribution in [3.8, 4) is 0 Å². The molecule has 1 aromatic carbocycles. The van der Waals surface area contributed by atoms with E-state index in [1.807, 2.05) is 0 Å². The van der Waals surface area contributed by atoms with Crippen LogP contribution in [-0.2, 0) is 9.84 Å². The van der Waals surface area contributed by atoms with E-state index in [1.54, 1.807) is 0 Å². The van der Waals surface area contributed by atoms with Gasteiger partial charge >= 0.3 is 6.18 Å². The summed E-state index contributed by atoms with van der Waals surface area (Å²) in [6.07, 6.45) is -3.34. The molecule has 1 atom stereocenters. The number of hydrogen-bond donors (Lipinski definition) is 1. The second-order valence-electron chi connectivity index (χ2n) is 3.63. The second kappa shape index (κ2) is 5.50. The Hall–Kier alpha value is -0.730. The lowest BCUT2D eigenvalue weighted by atomic mass is 10.4. The normalized spacial score (nSPS) is 14.5. The Bertz CT molecular complexity index is 497. The molecule has 0 spiro atoms. The Balaban J connectivity index is 2.87. The monoisotopic (exact) mass is 299 g/mol. The maximum absolute atomic E-state index is 12.5. The molecular weight excluding hydrogens is 287 g/mol. The Morgan fingerprint density at radius 2 is 1.78 bits per heavy atom. The first-order valence-electron chi connectivity index (χ1n) is 4.88. The smallest absolute Gasteiger partial charge is 0.329 e. The van der Waals surface area contributed by atoms with E-state index in [1.165, 1.54) is 24.3 Å². The molecule has 0 amide bonds. The lowest BCUT2D eigenvalue weighted by Gasteiger charge is -2.17. The number of thioether (sulfide) groups is 1. The van der Waals surface area contributed by atoms with Crippen LogP contribution in [0.15, 0.2) is 34.1 Å². The lowest BCUT2D eigenvalue weighted by Crippen LogP contribution is -2.32. The molecule has 0 fully saturated rings. The van der Waals surface area contributed by atoms with Crippen molar-refractivity contribution in [2.75, 3.05) is 12.8 Å². The number of hydrogen-bond acceptors (Lipinski definition) is 4. The van der Waals surface area contributed by atoms with Crippen molar-refractivity contribution in [3.63, 3.8) is 0 Å². The number of benzene rings is 1. The summed E-state index contributed by atoms with van der Waals surface area (Å²) in [6.45, 7) is -0.526. The molecule has 0 saturated carbocycles. The van der Waals surface area contributed by atoms with E-state index in [4.69, 9.17) is 5.73 Å². The molecule has 1 aromatic rings. The molecule has 3 nitrogen and oxygen atoms in total. The summed E-state index contributed by atoms with van der Waals surface area (Å²) in [5.74, 6) is 0. The summed E-state index contributed by atoms with van der Waals surface area (Å²) < 4.78 is 59.8. The van der Waals surface area contributed by atoms with E-state index in [9.17, 15) is 21.6 Å². The molecule has 0 radical (unpaired) electrons. The predicted molar refractivity (Wildman–Crippen MR) is 64.3 cm³/mol. The lowest BCUT2D eigenvalue weighted by molar-refractivity contribution is -0.126. The van der Waals surface area contributed by atoms with Crippen molar-refractivity contribution in [1.82, 2.24) is 0 Å². The quantitative estimate of drug-likeness (QED) is 0.865. The minimum absolute atomic E-state index is 0.0724. The van der Waals surface area contributed by atoms with Gasteiger partial charge in [-0.25, -0.2) is 8.42 Å². The van der Waals surface area contributed by atoms with Crippen LogP contribution in [0.2, 0.25) is 0 Å². The van der Waals surface area contributed by atoms with Gasteiger partial charge in [0.25, 0.3) is 0 Å². The highest BCUT2D eigenvalue weighted by Gasteiger charge is 2.39. The van der Waals surface area contributed by atoms with E-state index in [0.29, 0.717) is 16.7 Å². The number of nitrogens with two attached hydrogens (primary N) is 1. The standard InChI is InChI=1S/C10H12F3NO2S2/c1-18(15,16)8-4-2-7(3-5-8)17-9(6-14)10(11,12)13/h2-5,9H,6,14H2,1H3. The third kappa shape index (κ3) is 4.18. The van der Waals surface area contributed by atoms with Gasteiger partial charge in [-0.05, 0) is 24.3 Å². The summed E-state index contributed by atoms with van der Waals surface area (Å²) in [5.41, 5.74) is 5.07. The van der Waals surface area contributed by atoms with E-state index in [2.05, 4.69) is 0 Å². The molecule has 0 heterocycles. The third-order valence-electron chi connectivity index (χ3n) is 2.11. The Morgan fingerprint density at radius 3 is 2.11 bits per heavy atom. The van der Waals surface area contributed by atoms with Gasteiger partial charge in [0.15, 0.2) is 9.84 Å². The van der Waals surface area contributed by atoms with Crippen molar-refractivity contribution in [2.24, 2.45) is 5.73 Å². The van der Waals surface area contributed by atoms with Gasteiger partial charge < -0.3 is 5.73 Å². The third-order valence-corrected chi connectivity index (χ3v) is 4.53. The van der Waals surface area contributed by atoms with Crippen molar-refractivity contribution in [3.05, 3.63) is 24.3 Å². The molecule has 1 unspecified atom stereocenters. The fraction of sp³-hybridized carbons (Fsp3) is 0.400. The van der Waals surface area contributed by atoms with Gasteiger partial charge in [-0.1, -0.05) is 0 Å². The van der Waals surface area contributed by atoms with Crippen LogP contribution in [0.3, 0.4) is 0 Å². The van der Waals surface area contributed by atoms with E-state index in [0.717, 1.165) is 6.26 Å². The number of rotatable bonds is 4. The van der Waals surface area contributed by atoms with Gasteiger partial charge in [-0.3, -0.25) is 0 Å². The van der Waals surface area contributed by atoms with Crippen molar-refractivity contribution >= 4 is 21.6 Å². The Morgan fingerprint density at radius 1 is 1.28 bits per heavy atom. The molecule has 18 heavy (non-hydrogen) atoms. The summed E-state index contributed by atoms with van der Waals surface area (Å²) in [6, 6.07) is 5.24. The molecule has 0 saturated heterocycles. The van der Waals surface area contributed by atoms with Crippen LogP contribution >= 0.6 is 11.8 Å². The highest BCUT2D eigenvalue weighted by atomic mass is 32.2. The van der Waals surface area contributed by atoms with Gasteiger partial charge in [-0.15, -0.1) is 11.8 Å². The topological polar surface area (TPSA) is 60.2 Å². The fourth-order valence-corrected chi connectivity index (χ4v) is 2.66. The zero-order chi connectivity index (χ0) is 14.0. The first-order chi connectivity index (χ1) is 8.14. The van der Waals surface area contributed by atoms with E-state index >= 15 is 0 Å². The number of alkyl halides is 3. The Labute approximate surface area is 107 Å². The molecule has 0 aliphatic rings. The SMILES string of the molecule is CS(=O)(=O)c1ccc(SC(CN)C(F)(F)F)cc1. The molecule has 102 valence electrons. The summed E-state index contributed by atoms with van der Waals surface area (Å²) in [4.78, 5) is 0.401. The molecule has 8 heteroatoms. The van der Waals surface area contributed by atoms with Crippen molar-refractivity contribution in [1.29, 1.82) is 0 Å². The van der Waals surface area contributed by atoms with Crippen molar-refractivity contribution < 1.29 is 21.6 Å². The van der Waals surface area contributed by atoms with Crippen LogP contribution in [0, 0.1) is 0 Å². The minimum Gasteiger partial charge on any atom is -0.329 e. The molecular formula is C10H12F3NO2S2. The molecule has 0 bridgehead atoms. The van der Waals surface area contributed by atoms with Crippen LogP contribution in [-0.4, -0.2) is 32.6 Å². The highest BCUT2D eigenvalue weighted by Crippen LogP contribution is 2.34. The van der Waals surface area contributed by atoms with Gasteiger partial charge in [0.05, 0.1) is 4.90 Å². The average molecular weight is 299 g/mol. The second-order valence-corrected chi connectivity index (χ2v) is 6.92. The maximum atomic E-state index is 12.5. The minimum atomic E-state index is -4.38. The number of sulfone groups is 1. The van der Waals surface area contributed by atoms with Crippen LogP contribution in [0.25, 0.3) is 0 Å². The predicted octanol–water partition coefficient (Wildman–Crippen LogP) is 2.07. The zero-order valence-electron chi connectivity index (χ0n) is 9.44. The van der Waals surface area contributed by atoms with Crippen LogP contribution in [0.4, 0.5) is 13.2 Å². The average Bonchev–Trinajstić information content (AvgIpc) is 2.23. The summed E-state index contributed by atoms with van der Waals surface area (Å²) >= 11 is 0.570. The Kier molecular flexibility index (Phi) is 4.68. The zero-order valence-corrected chi connectivity index (χ0v) is 11.1. The van der Waals surface area contributed by atoms with Crippen LogP contribution < -0.4 is 5.73 Å². The van der Waals surface area contributed by atoms with E-state index < -0.39 is 27.8 Å². The van der Waals surface area contributed by atoms with Crippen molar-refractivity contribution in [2.45, 2.75) is 21.2 Å². The largest absolute Gasteiger partial charge is 0.402 e. The maximum Gasteiger partial charge on any atom is 0.402 e. The van der Waals surface area contributed by atoms with Crippen LogP contribution in [0.5, 0.6) is 0 Å². The first-order valence-corrected chi connectivity index (χ1v) is 7.65. The van der Waals surface area contributed by atoms with Gasteiger partial charge in [0.1, 0.15) is 5.25 Å². The summed E-state index contributed by atoms with van der Waals surface area (Å²) in [7, 11) is -3.34. The molecule has 0 aliphatic carbocycles. The van der Waals surface area contributed by atoms with Crippen LogP contribution in [0.1, 0.15) is 0 Å². The fourth-order valence-electron chi connectivity index (χ4n) is 1.18. The molecule has 1 rings (SSSR count). The first kappa shape index (κ1) is 15.3. The molecule has 0 aromatic heterocycles. The van der Waals surface area contributed by atoms with Gasteiger partial charge in [0, 0.05) is 17.7 Å². The molecule has 2 N–H and O–H groups in total. The highest BCUT2D eigenvalue weighted by molar-refractivity contribution is 8.00. The van der Waals surface area contributed by atoms with E-state index in [-0.39, 0.29) is 4.90 Å².